The number of hydrogen-bond donors (Lipinski definition) is 1. The van der Waals surface area contributed by atoms with E-state index in [0.29, 0.717) is 17.8 Å². The van der Waals surface area contributed by atoms with Gasteiger partial charge in [0.1, 0.15) is 12.7 Å². The number of amides is 1. The second-order valence-electron chi connectivity index (χ2n) is 6.05. The fraction of sp³-hybridized carbons (Fsp3) is 0.100. The number of pyridine rings is 1. The van der Waals surface area contributed by atoms with Crippen LogP contribution >= 0.6 is 11.3 Å². The van der Waals surface area contributed by atoms with Gasteiger partial charge < -0.3 is 5.32 Å². The summed E-state index contributed by atoms with van der Waals surface area (Å²) in [7, 11) is 0. The molecule has 0 radical (unpaired) electrons. The maximum Gasteiger partial charge on any atom is 0.257 e. The summed E-state index contributed by atoms with van der Waals surface area (Å²) in [6.45, 7) is 2.49. The van der Waals surface area contributed by atoms with Crippen molar-refractivity contribution in [1.82, 2.24) is 19.7 Å². The molecule has 1 amide bonds. The van der Waals surface area contributed by atoms with Gasteiger partial charge in [-0.3, -0.25) is 9.78 Å². The van der Waals surface area contributed by atoms with Crippen LogP contribution in [0.1, 0.15) is 21.6 Å². The van der Waals surface area contributed by atoms with E-state index in [1.807, 2.05) is 60.8 Å². The normalized spacial score (nSPS) is 10.7. The van der Waals surface area contributed by atoms with Crippen molar-refractivity contribution in [3.8, 4) is 10.6 Å². The molecule has 0 bridgehead atoms. The van der Waals surface area contributed by atoms with Crippen LogP contribution in [0, 0.1) is 6.92 Å². The average Bonchev–Trinajstić information content (AvgIpc) is 3.37. The van der Waals surface area contributed by atoms with Crippen molar-refractivity contribution in [2.75, 3.05) is 5.32 Å². The van der Waals surface area contributed by atoms with Crippen LogP contribution < -0.4 is 5.32 Å². The molecule has 7 heteroatoms. The minimum Gasteiger partial charge on any atom is -0.322 e. The summed E-state index contributed by atoms with van der Waals surface area (Å²) in [5, 5.41) is 9.03. The Morgan fingerprint density at radius 1 is 1.15 bits per heavy atom. The lowest BCUT2D eigenvalue weighted by Gasteiger charge is -2.09. The molecule has 0 fully saturated rings. The fourth-order valence-corrected chi connectivity index (χ4v) is 3.45. The number of hydrogen-bond acceptors (Lipinski definition) is 5. The predicted octanol–water partition coefficient (Wildman–Crippen LogP) is 4.01. The first-order valence-electron chi connectivity index (χ1n) is 8.43. The standard InChI is InChI=1S/C20H17N5OS/c1-14-17(8-9-18(23-14)19-3-2-10-27-19)20(26)24-16-6-4-15(5-7-16)11-25-13-21-12-22-25/h2-10,12-13H,11H2,1H3,(H,24,26). The molecule has 6 nitrogen and oxygen atoms in total. The molecular formula is C20H17N5OS. The van der Waals surface area contributed by atoms with Gasteiger partial charge in [0.05, 0.1) is 28.4 Å². The zero-order valence-electron chi connectivity index (χ0n) is 14.7. The Labute approximate surface area is 160 Å². The zero-order valence-corrected chi connectivity index (χ0v) is 15.5. The van der Waals surface area contributed by atoms with Crippen LogP contribution in [0.4, 0.5) is 5.69 Å². The molecule has 0 unspecified atom stereocenters. The van der Waals surface area contributed by atoms with Gasteiger partial charge in [0.15, 0.2) is 0 Å². The first-order valence-corrected chi connectivity index (χ1v) is 9.31. The monoisotopic (exact) mass is 375 g/mol. The third kappa shape index (κ3) is 3.93. The van der Waals surface area contributed by atoms with Gasteiger partial charge >= 0.3 is 0 Å². The summed E-state index contributed by atoms with van der Waals surface area (Å²) in [6.07, 6.45) is 3.18. The smallest absolute Gasteiger partial charge is 0.257 e. The maximum atomic E-state index is 12.6. The summed E-state index contributed by atoms with van der Waals surface area (Å²) in [5.74, 6) is -0.165. The third-order valence-electron chi connectivity index (χ3n) is 4.13. The molecule has 4 aromatic rings. The zero-order chi connectivity index (χ0) is 18.6. The first kappa shape index (κ1) is 17.1. The molecule has 3 heterocycles. The Morgan fingerprint density at radius 2 is 2.00 bits per heavy atom. The Hall–Kier alpha value is -3.32. The lowest BCUT2D eigenvalue weighted by molar-refractivity contribution is 0.102. The quantitative estimate of drug-likeness (QED) is 0.572. The van der Waals surface area contributed by atoms with E-state index in [4.69, 9.17) is 0 Å². The van der Waals surface area contributed by atoms with Crippen LogP contribution in [0.15, 0.2) is 66.6 Å². The highest BCUT2D eigenvalue weighted by molar-refractivity contribution is 7.13. The second-order valence-corrected chi connectivity index (χ2v) is 7.00. The van der Waals surface area contributed by atoms with E-state index in [-0.39, 0.29) is 5.91 Å². The molecule has 0 saturated carbocycles. The van der Waals surface area contributed by atoms with Gasteiger partial charge in [-0.2, -0.15) is 5.10 Å². The molecule has 0 atom stereocenters. The van der Waals surface area contributed by atoms with Crippen LogP contribution in [0.3, 0.4) is 0 Å². The first-order chi connectivity index (χ1) is 13.2. The Balaban J connectivity index is 1.45. The van der Waals surface area contributed by atoms with E-state index in [1.54, 1.807) is 22.3 Å². The molecule has 0 aliphatic rings. The van der Waals surface area contributed by atoms with E-state index in [9.17, 15) is 4.79 Å². The SMILES string of the molecule is Cc1nc(-c2cccs2)ccc1C(=O)Nc1ccc(Cn2cncn2)cc1. The molecular weight excluding hydrogens is 358 g/mol. The fourth-order valence-electron chi connectivity index (χ4n) is 2.76. The predicted molar refractivity (Wildman–Crippen MR) is 106 cm³/mol. The number of carbonyl (C=O) groups is 1. The van der Waals surface area contributed by atoms with Crippen LogP contribution in [-0.2, 0) is 6.54 Å². The number of anilines is 1. The van der Waals surface area contributed by atoms with E-state index in [0.717, 1.165) is 21.8 Å². The van der Waals surface area contributed by atoms with Gasteiger partial charge in [0.2, 0.25) is 0 Å². The van der Waals surface area contributed by atoms with Crippen molar-refractivity contribution >= 4 is 22.9 Å². The molecule has 4 rings (SSSR count). The minimum atomic E-state index is -0.165. The van der Waals surface area contributed by atoms with Crippen molar-refractivity contribution in [3.63, 3.8) is 0 Å². The third-order valence-corrected chi connectivity index (χ3v) is 5.02. The number of nitrogens with zero attached hydrogens (tertiary/aromatic N) is 4. The lowest BCUT2D eigenvalue weighted by Crippen LogP contribution is -2.14. The maximum absolute atomic E-state index is 12.6. The number of aryl methyl sites for hydroxylation is 1. The van der Waals surface area contributed by atoms with Gasteiger partial charge in [0.25, 0.3) is 5.91 Å². The minimum absolute atomic E-state index is 0.165. The van der Waals surface area contributed by atoms with Gasteiger partial charge in [-0.05, 0) is 48.2 Å². The molecule has 1 aromatic carbocycles. The lowest BCUT2D eigenvalue weighted by atomic mass is 10.1. The van der Waals surface area contributed by atoms with Crippen molar-refractivity contribution in [2.24, 2.45) is 0 Å². The van der Waals surface area contributed by atoms with Crippen molar-refractivity contribution in [2.45, 2.75) is 13.5 Å². The molecule has 0 saturated heterocycles. The highest BCUT2D eigenvalue weighted by atomic mass is 32.1. The summed E-state index contributed by atoms with van der Waals surface area (Å²) in [4.78, 5) is 22.2. The van der Waals surface area contributed by atoms with E-state index in [2.05, 4.69) is 20.4 Å². The Kier molecular flexibility index (Phi) is 4.76. The van der Waals surface area contributed by atoms with Crippen LogP contribution in [0.25, 0.3) is 10.6 Å². The van der Waals surface area contributed by atoms with Crippen molar-refractivity contribution in [1.29, 1.82) is 0 Å². The van der Waals surface area contributed by atoms with Crippen molar-refractivity contribution < 1.29 is 4.79 Å². The molecule has 3 aromatic heterocycles. The molecule has 134 valence electrons. The summed E-state index contributed by atoms with van der Waals surface area (Å²) in [6, 6.07) is 15.4. The number of benzene rings is 1. The Morgan fingerprint density at radius 3 is 2.67 bits per heavy atom. The van der Waals surface area contributed by atoms with Crippen LogP contribution in [-0.4, -0.2) is 25.7 Å². The topological polar surface area (TPSA) is 72.7 Å². The van der Waals surface area contributed by atoms with E-state index >= 15 is 0 Å². The molecule has 0 aliphatic carbocycles. The average molecular weight is 375 g/mol. The van der Waals surface area contributed by atoms with Gasteiger partial charge in [-0.15, -0.1) is 11.3 Å². The molecule has 0 aliphatic heterocycles. The molecule has 27 heavy (non-hydrogen) atoms. The highest BCUT2D eigenvalue weighted by Crippen LogP contribution is 2.24. The highest BCUT2D eigenvalue weighted by Gasteiger charge is 2.12. The summed E-state index contributed by atoms with van der Waals surface area (Å²) in [5.41, 5.74) is 3.99. The van der Waals surface area contributed by atoms with Crippen molar-refractivity contribution in [3.05, 3.63) is 83.4 Å². The number of nitrogens with one attached hydrogen (secondary N) is 1. The Bertz CT molecular complexity index is 1040. The van der Waals surface area contributed by atoms with E-state index < -0.39 is 0 Å². The van der Waals surface area contributed by atoms with Crippen LogP contribution in [0.2, 0.25) is 0 Å². The summed E-state index contributed by atoms with van der Waals surface area (Å²) < 4.78 is 1.75. The van der Waals surface area contributed by atoms with Gasteiger partial charge in [0, 0.05) is 5.69 Å². The second kappa shape index (κ2) is 7.51. The number of rotatable bonds is 5. The van der Waals surface area contributed by atoms with Gasteiger partial charge in [-0.1, -0.05) is 18.2 Å². The molecule has 1 N–H and O–H groups in total. The van der Waals surface area contributed by atoms with Gasteiger partial charge in [-0.25, -0.2) is 9.67 Å². The number of thiophene rings is 1. The summed E-state index contributed by atoms with van der Waals surface area (Å²) >= 11 is 1.63. The number of carbonyl (C=O) groups excluding carboxylic acids is 1. The van der Waals surface area contributed by atoms with Crippen LogP contribution in [0.5, 0.6) is 0 Å². The van der Waals surface area contributed by atoms with E-state index in [1.165, 1.54) is 6.33 Å². The largest absolute Gasteiger partial charge is 0.322 e. The number of aromatic nitrogens is 4. The molecule has 0 spiro atoms.